The Morgan fingerprint density at radius 3 is 2.72 bits per heavy atom. The fourth-order valence-electron chi connectivity index (χ4n) is 3.98. The Hall–Kier alpha value is -0.860. The number of aliphatic hydroxyl groups excluding tert-OH is 1. The molecule has 1 saturated heterocycles. The molecule has 0 spiro atoms. The van der Waals surface area contributed by atoms with Crippen LogP contribution in [0, 0.1) is 13.8 Å². The van der Waals surface area contributed by atoms with Gasteiger partial charge in [0.25, 0.3) is 0 Å². The van der Waals surface area contributed by atoms with Gasteiger partial charge in [0, 0.05) is 31.0 Å². The van der Waals surface area contributed by atoms with Crippen molar-refractivity contribution in [2.45, 2.75) is 38.5 Å². The van der Waals surface area contributed by atoms with Gasteiger partial charge in [0.15, 0.2) is 0 Å². The van der Waals surface area contributed by atoms with E-state index in [0.29, 0.717) is 12.5 Å². The Bertz CT molecular complexity index is 482. The number of hydrogen-bond acceptors (Lipinski definition) is 2. The molecule has 1 aliphatic carbocycles. The number of aliphatic hydroxyl groups is 1. The number of rotatable bonds is 3. The Balaban J connectivity index is 2.05. The van der Waals surface area contributed by atoms with E-state index in [1.54, 1.807) is 5.56 Å². The van der Waals surface area contributed by atoms with Crippen LogP contribution >= 0.6 is 0 Å². The first-order valence-corrected chi connectivity index (χ1v) is 7.07. The molecule has 1 aliphatic heterocycles. The molecule has 2 heteroatoms. The molecule has 1 aromatic carbocycles. The minimum absolute atomic E-state index is 0.249. The highest BCUT2D eigenvalue weighted by molar-refractivity contribution is 5.55. The molecule has 0 amide bonds. The van der Waals surface area contributed by atoms with Crippen LogP contribution < -0.4 is 0 Å². The highest BCUT2D eigenvalue weighted by Crippen LogP contribution is 2.58. The number of benzene rings is 1. The number of nitrogens with zero attached hydrogens (tertiary/aromatic N) is 1. The summed E-state index contributed by atoms with van der Waals surface area (Å²) in [5, 5.41) is 9.43. The second-order valence-corrected chi connectivity index (χ2v) is 6.03. The van der Waals surface area contributed by atoms with Crippen molar-refractivity contribution in [3.63, 3.8) is 0 Å². The van der Waals surface area contributed by atoms with E-state index < -0.39 is 0 Å². The van der Waals surface area contributed by atoms with Crippen LogP contribution in [-0.2, 0) is 5.41 Å². The van der Waals surface area contributed by atoms with Gasteiger partial charge < -0.3 is 10.0 Å². The van der Waals surface area contributed by atoms with E-state index in [2.05, 4.69) is 37.8 Å². The molecule has 1 N–H and O–H groups in total. The maximum absolute atomic E-state index is 9.43. The molecule has 2 unspecified atom stereocenters. The van der Waals surface area contributed by atoms with Crippen LogP contribution in [0.5, 0.6) is 0 Å². The summed E-state index contributed by atoms with van der Waals surface area (Å²) in [5.41, 5.74) is 6.10. The maximum atomic E-state index is 9.43. The van der Waals surface area contributed by atoms with Crippen molar-refractivity contribution in [3.05, 3.63) is 34.4 Å². The molecule has 0 bridgehead atoms. The SMILES string of the molecule is CCN1CC2c3cc(C)c(C)cc3C2(CCO)C1. The predicted octanol–water partition coefficient (Wildman–Crippen LogP) is 2.36. The van der Waals surface area contributed by atoms with E-state index in [4.69, 9.17) is 0 Å². The summed E-state index contributed by atoms with van der Waals surface area (Å²) in [6, 6.07) is 4.75. The van der Waals surface area contributed by atoms with Crippen molar-refractivity contribution in [1.82, 2.24) is 4.90 Å². The summed E-state index contributed by atoms with van der Waals surface area (Å²) in [6.07, 6.45) is 0.920. The number of likely N-dealkylation sites (tertiary alicyclic amines) is 1. The molecular formula is C16H23NO. The molecule has 1 fully saturated rings. The lowest BCUT2D eigenvalue weighted by Gasteiger charge is -2.47. The van der Waals surface area contributed by atoms with E-state index in [9.17, 15) is 5.11 Å². The lowest BCUT2D eigenvalue weighted by molar-refractivity contribution is 0.209. The van der Waals surface area contributed by atoms with Crippen LogP contribution in [0.1, 0.15) is 41.5 Å². The van der Waals surface area contributed by atoms with Crippen molar-refractivity contribution < 1.29 is 5.11 Å². The third-order valence-corrected chi connectivity index (χ3v) is 5.20. The van der Waals surface area contributed by atoms with Gasteiger partial charge in [-0.15, -0.1) is 0 Å². The number of fused-ring (bicyclic) bond motifs is 4. The Morgan fingerprint density at radius 2 is 2.06 bits per heavy atom. The highest BCUT2D eigenvalue weighted by Gasteiger charge is 2.56. The van der Waals surface area contributed by atoms with Gasteiger partial charge in [0.1, 0.15) is 0 Å². The van der Waals surface area contributed by atoms with Crippen LogP contribution in [-0.4, -0.2) is 36.2 Å². The van der Waals surface area contributed by atoms with E-state index in [0.717, 1.165) is 19.5 Å². The van der Waals surface area contributed by atoms with Gasteiger partial charge >= 0.3 is 0 Å². The first-order valence-electron chi connectivity index (χ1n) is 7.07. The van der Waals surface area contributed by atoms with Crippen molar-refractivity contribution in [2.24, 2.45) is 0 Å². The summed E-state index contributed by atoms with van der Waals surface area (Å²) in [6.45, 7) is 10.4. The van der Waals surface area contributed by atoms with E-state index in [1.165, 1.54) is 23.2 Å². The molecule has 1 aromatic rings. The van der Waals surface area contributed by atoms with Crippen molar-refractivity contribution in [2.75, 3.05) is 26.2 Å². The largest absolute Gasteiger partial charge is 0.396 e. The smallest absolute Gasteiger partial charge is 0.0440 e. The third-order valence-electron chi connectivity index (χ3n) is 5.20. The molecule has 18 heavy (non-hydrogen) atoms. The number of aryl methyl sites for hydroxylation is 2. The first-order chi connectivity index (χ1) is 8.62. The highest BCUT2D eigenvalue weighted by atomic mass is 16.3. The minimum Gasteiger partial charge on any atom is -0.396 e. The fourth-order valence-corrected chi connectivity index (χ4v) is 3.98. The summed E-state index contributed by atoms with van der Waals surface area (Å²) >= 11 is 0. The van der Waals surface area contributed by atoms with E-state index in [1.807, 2.05) is 0 Å². The van der Waals surface area contributed by atoms with Crippen molar-refractivity contribution in [3.8, 4) is 0 Å². The van der Waals surface area contributed by atoms with Gasteiger partial charge in [-0.3, -0.25) is 0 Å². The molecule has 3 rings (SSSR count). The van der Waals surface area contributed by atoms with Crippen LogP contribution in [0.25, 0.3) is 0 Å². The lowest BCUT2D eigenvalue weighted by atomic mass is 9.56. The van der Waals surface area contributed by atoms with E-state index >= 15 is 0 Å². The maximum Gasteiger partial charge on any atom is 0.0440 e. The summed E-state index contributed by atoms with van der Waals surface area (Å²) in [4.78, 5) is 2.53. The average Bonchev–Trinajstić information content (AvgIpc) is 2.68. The molecule has 0 saturated carbocycles. The molecule has 1 heterocycles. The van der Waals surface area contributed by atoms with Crippen LogP contribution in [0.4, 0.5) is 0 Å². The standard InChI is InChI=1S/C16H23NO/c1-4-17-9-15-13-7-11(2)12(3)8-14(13)16(15,10-17)5-6-18/h7-8,15,18H,4-6,9-10H2,1-3H3. The molecular weight excluding hydrogens is 222 g/mol. The molecule has 98 valence electrons. The van der Waals surface area contributed by atoms with Gasteiger partial charge in [-0.2, -0.15) is 0 Å². The van der Waals surface area contributed by atoms with Crippen molar-refractivity contribution in [1.29, 1.82) is 0 Å². The normalized spacial score (nSPS) is 29.9. The second kappa shape index (κ2) is 4.07. The van der Waals surface area contributed by atoms with Gasteiger partial charge in [-0.1, -0.05) is 19.1 Å². The molecule has 2 atom stereocenters. The van der Waals surface area contributed by atoms with E-state index in [-0.39, 0.29) is 5.41 Å². The Kier molecular flexibility index (Phi) is 2.76. The van der Waals surface area contributed by atoms with Gasteiger partial charge in [-0.25, -0.2) is 0 Å². The monoisotopic (exact) mass is 245 g/mol. The van der Waals surface area contributed by atoms with Crippen LogP contribution in [0.2, 0.25) is 0 Å². The second-order valence-electron chi connectivity index (χ2n) is 6.03. The van der Waals surface area contributed by atoms with Crippen LogP contribution in [0.3, 0.4) is 0 Å². The zero-order valence-corrected chi connectivity index (χ0v) is 11.7. The zero-order valence-electron chi connectivity index (χ0n) is 11.7. The molecule has 2 aliphatic rings. The fraction of sp³-hybridized carbons (Fsp3) is 0.625. The van der Waals surface area contributed by atoms with Gasteiger partial charge in [0.2, 0.25) is 0 Å². The minimum atomic E-state index is 0.249. The van der Waals surface area contributed by atoms with Crippen molar-refractivity contribution >= 4 is 0 Å². The Morgan fingerprint density at radius 1 is 1.33 bits per heavy atom. The quantitative estimate of drug-likeness (QED) is 0.883. The number of likely N-dealkylation sites (N-methyl/N-ethyl adjacent to an activating group) is 1. The summed E-state index contributed by atoms with van der Waals surface area (Å²) in [7, 11) is 0. The zero-order chi connectivity index (χ0) is 12.9. The third kappa shape index (κ3) is 1.42. The van der Waals surface area contributed by atoms with Crippen LogP contribution in [0.15, 0.2) is 12.1 Å². The average molecular weight is 245 g/mol. The molecule has 2 nitrogen and oxygen atoms in total. The van der Waals surface area contributed by atoms with Gasteiger partial charge in [0.05, 0.1) is 0 Å². The topological polar surface area (TPSA) is 23.5 Å². The summed E-state index contributed by atoms with van der Waals surface area (Å²) < 4.78 is 0. The summed E-state index contributed by atoms with van der Waals surface area (Å²) in [5.74, 6) is 0.652. The lowest BCUT2D eigenvalue weighted by Crippen LogP contribution is -2.44. The predicted molar refractivity (Wildman–Crippen MR) is 74.2 cm³/mol. The molecule has 0 aromatic heterocycles. The first kappa shape index (κ1) is 12.2. The van der Waals surface area contributed by atoms with Gasteiger partial charge in [-0.05, 0) is 49.1 Å². The molecule has 0 radical (unpaired) electrons. The Labute approximate surface area is 110 Å². The number of hydrogen-bond donors (Lipinski definition) is 1.